The molecule has 0 saturated heterocycles. The van der Waals surface area contributed by atoms with Crippen LogP contribution in [0.1, 0.15) is 97.5 Å². The van der Waals surface area contributed by atoms with Crippen LogP contribution >= 0.6 is 0 Å². The van der Waals surface area contributed by atoms with Gasteiger partial charge in [0.05, 0.1) is 12.3 Å². The fraction of sp³-hybridized carbons (Fsp3) is 0.536. The van der Waals surface area contributed by atoms with Gasteiger partial charge in [-0.25, -0.2) is 0 Å². The summed E-state index contributed by atoms with van der Waals surface area (Å²) in [6, 6.07) is 11.0. The number of nitrogens with zero attached hydrogens (tertiary/aromatic N) is 1. The Hall–Kier alpha value is -2.67. The molecule has 2 aliphatic carbocycles. The first kappa shape index (κ1) is 25.4. The second-order valence-electron chi connectivity index (χ2n) is 9.83. The number of hydrogen-bond acceptors (Lipinski definition) is 4. The summed E-state index contributed by atoms with van der Waals surface area (Å²) < 4.78 is 31.4. The van der Waals surface area contributed by atoms with Gasteiger partial charge in [-0.05, 0) is 79.0 Å². The molecule has 0 radical (unpaired) electrons. The van der Waals surface area contributed by atoms with E-state index in [1.165, 1.54) is 61.8 Å². The van der Waals surface area contributed by atoms with Crippen LogP contribution in [0.5, 0.6) is 5.75 Å². The topological polar surface area (TPSA) is 75.8 Å². The van der Waals surface area contributed by atoms with Crippen molar-refractivity contribution in [1.29, 1.82) is 0 Å². The summed E-state index contributed by atoms with van der Waals surface area (Å²) in [7, 11) is 0. The highest BCUT2D eigenvalue weighted by molar-refractivity contribution is 5.94. The summed E-state index contributed by atoms with van der Waals surface area (Å²) in [6.45, 7) is -3.02. The standard InChI is InChI=1S/C28H36F2N2O3/c29-28(30)35-26-18-21(27(31)34)11-12-25(26)32(13-14-33)24-16-22(19-7-3-1-4-8-19)15-23(17-24)20-9-5-2-6-10-20/h11-12,15-20,28,33H,1-10,13-14H2,(H2,31,34). The average molecular weight is 487 g/mol. The lowest BCUT2D eigenvalue weighted by molar-refractivity contribution is -0.0495. The molecule has 1 amide bonds. The second kappa shape index (κ2) is 11.8. The normalized spacial score (nSPS) is 17.5. The molecule has 2 saturated carbocycles. The zero-order chi connectivity index (χ0) is 24.8. The van der Waals surface area contributed by atoms with Gasteiger partial charge >= 0.3 is 6.61 Å². The fourth-order valence-corrected chi connectivity index (χ4v) is 5.73. The van der Waals surface area contributed by atoms with Crippen LogP contribution < -0.4 is 15.4 Å². The van der Waals surface area contributed by atoms with E-state index in [0.29, 0.717) is 17.5 Å². The summed E-state index contributed by atoms with van der Waals surface area (Å²) in [5.41, 5.74) is 9.27. The SMILES string of the molecule is NC(=O)c1ccc(N(CCO)c2cc(C3CCCCC3)cc(C3CCCCC3)c2)c(OC(F)F)c1. The molecular formula is C28H36F2N2O3. The monoisotopic (exact) mass is 486 g/mol. The van der Waals surface area contributed by atoms with Crippen molar-refractivity contribution in [2.45, 2.75) is 82.7 Å². The van der Waals surface area contributed by atoms with Gasteiger partial charge in [-0.1, -0.05) is 44.6 Å². The molecule has 3 N–H and O–H groups in total. The van der Waals surface area contributed by atoms with Crippen LogP contribution in [0.15, 0.2) is 36.4 Å². The van der Waals surface area contributed by atoms with E-state index >= 15 is 0 Å². The number of carbonyl (C=O) groups is 1. The predicted octanol–water partition coefficient (Wildman–Crippen LogP) is 6.61. The van der Waals surface area contributed by atoms with Crippen LogP contribution in [0.3, 0.4) is 0 Å². The van der Waals surface area contributed by atoms with Gasteiger partial charge in [-0.15, -0.1) is 0 Å². The number of amides is 1. The summed E-state index contributed by atoms with van der Waals surface area (Å²) in [5, 5.41) is 9.91. The van der Waals surface area contributed by atoms with Crippen molar-refractivity contribution < 1.29 is 23.4 Å². The van der Waals surface area contributed by atoms with Crippen LogP contribution in [0.4, 0.5) is 20.2 Å². The van der Waals surface area contributed by atoms with Crippen molar-refractivity contribution in [3.63, 3.8) is 0 Å². The molecule has 2 fully saturated rings. The fourth-order valence-electron chi connectivity index (χ4n) is 5.73. The van der Waals surface area contributed by atoms with Gasteiger partial charge in [-0.2, -0.15) is 8.78 Å². The number of aliphatic hydroxyl groups excluding tert-OH is 1. The third kappa shape index (κ3) is 6.31. The average Bonchev–Trinajstić information content (AvgIpc) is 2.88. The second-order valence-corrected chi connectivity index (χ2v) is 9.83. The van der Waals surface area contributed by atoms with Crippen LogP contribution in [-0.4, -0.2) is 30.8 Å². The number of anilines is 2. The Morgan fingerprint density at radius 2 is 1.51 bits per heavy atom. The first-order valence-electron chi connectivity index (χ1n) is 12.9. The Balaban J connectivity index is 1.80. The van der Waals surface area contributed by atoms with Crippen molar-refractivity contribution >= 4 is 17.3 Å². The van der Waals surface area contributed by atoms with E-state index in [1.54, 1.807) is 6.07 Å². The van der Waals surface area contributed by atoms with E-state index in [1.807, 2.05) is 4.90 Å². The molecule has 35 heavy (non-hydrogen) atoms. The Kier molecular flexibility index (Phi) is 8.60. The van der Waals surface area contributed by atoms with Crippen molar-refractivity contribution in [3.8, 4) is 5.75 Å². The predicted molar refractivity (Wildman–Crippen MR) is 134 cm³/mol. The maximum atomic E-state index is 13.3. The Morgan fingerprint density at radius 1 is 0.943 bits per heavy atom. The first-order valence-corrected chi connectivity index (χ1v) is 12.9. The number of ether oxygens (including phenoxy) is 1. The smallest absolute Gasteiger partial charge is 0.387 e. The van der Waals surface area contributed by atoms with Gasteiger partial charge < -0.3 is 20.5 Å². The van der Waals surface area contributed by atoms with Gasteiger partial charge in [0, 0.05) is 17.8 Å². The molecule has 0 atom stereocenters. The lowest BCUT2D eigenvalue weighted by Gasteiger charge is -2.31. The van der Waals surface area contributed by atoms with Crippen molar-refractivity contribution in [3.05, 3.63) is 53.1 Å². The number of rotatable bonds is 9. The highest BCUT2D eigenvalue weighted by Gasteiger charge is 2.24. The lowest BCUT2D eigenvalue weighted by Crippen LogP contribution is -2.23. The van der Waals surface area contributed by atoms with E-state index < -0.39 is 12.5 Å². The van der Waals surface area contributed by atoms with Gasteiger partial charge in [0.15, 0.2) is 5.75 Å². The number of primary amides is 1. The molecule has 0 bridgehead atoms. The highest BCUT2D eigenvalue weighted by Crippen LogP contribution is 2.42. The zero-order valence-corrected chi connectivity index (χ0v) is 20.2. The molecule has 2 aromatic carbocycles. The lowest BCUT2D eigenvalue weighted by atomic mass is 9.79. The molecule has 4 rings (SSSR count). The number of nitrogens with two attached hydrogens (primary N) is 1. The van der Waals surface area contributed by atoms with Crippen LogP contribution in [-0.2, 0) is 0 Å². The maximum absolute atomic E-state index is 13.3. The van der Waals surface area contributed by atoms with E-state index in [2.05, 4.69) is 18.2 Å². The maximum Gasteiger partial charge on any atom is 0.387 e. The Labute approximate surface area is 206 Å². The minimum absolute atomic E-state index is 0.0900. The van der Waals surface area contributed by atoms with E-state index in [-0.39, 0.29) is 24.5 Å². The zero-order valence-electron chi connectivity index (χ0n) is 20.2. The highest BCUT2D eigenvalue weighted by atomic mass is 19.3. The molecule has 0 heterocycles. The molecule has 2 aliphatic rings. The minimum Gasteiger partial charge on any atom is -0.433 e. The number of aliphatic hydroxyl groups is 1. The van der Waals surface area contributed by atoms with Crippen molar-refractivity contribution in [1.82, 2.24) is 0 Å². The van der Waals surface area contributed by atoms with Crippen LogP contribution in [0.2, 0.25) is 0 Å². The third-order valence-corrected chi connectivity index (χ3v) is 7.50. The number of alkyl halides is 2. The molecule has 7 heteroatoms. The van der Waals surface area contributed by atoms with E-state index in [9.17, 15) is 18.7 Å². The molecule has 0 aromatic heterocycles. The van der Waals surface area contributed by atoms with Crippen LogP contribution in [0, 0.1) is 0 Å². The van der Waals surface area contributed by atoms with Gasteiger partial charge in [0.2, 0.25) is 5.91 Å². The first-order chi connectivity index (χ1) is 17.0. The number of hydrogen-bond donors (Lipinski definition) is 2. The number of carbonyl (C=O) groups excluding carboxylic acids is 1. The number of halogens is 2. The molecule has 0 spiro atoms. The molecule has 0 aliphatic heterocycles. The summed E-state index contributed by atoms with van der Waals surface area (Å²) in [5.74, 6) is 0.113. The summed E-state index contributed by atoms with van der Waals surface area (Å²) >= 11 is 0. The molecule has 0 unspecified atom stereocenters. The summed E-state index contributed by atoms with van der Waals surface area (Å²) in [6.07, 6.45) is 12.0. The number of benzene rings is 2. The van der Waals surface area contributed by atoms with Crippen LogP contribution in [0.25, 0.3) is 0 Å². The molecule has 2 aromatic rings. The summed E-state index contributed by atoms with van der Waals surface area (Å²) in [4.78, 5) is 13.5. The molecule has 190 valence electrons. The van der Waals surface area contributed by atoms with E-state index in [0.717, 1.165) is 31.4 Å². The van der Waals surface area contributed by atoms with Gasteiger partial charge in [-0.3, -0.25) is 4.79 Å². The van der Waals surface area contributed by atoms with Crippen molar-refractivity contribution in [2.75, 3.05) is 18.1 Å². The third-order valence-electron chi connectivity index (χ3n) is 7.50. The van der Waals surface area contributed by atoms with Gasteiger partial charge in [0.1, 0.15) is 0 Å². The largest absolute Gasteiger partial charge is 0.433 e. The Morgan fingerprint density at radius 3 is 2.00 bits per heavy atom. The van der Waals surface area contributed by atoms with Crippen molar-refractivity contribution in [2.24, 2.45) is 5.73 Å². The quantitative estimate of drug-likeness (QED) is 0.418. The molecular weight excluding hydrogens is 450 g/mol. The van der Waals surface area contributed by atoms with Gasteiger partial charge in [0.25, 0.3) is 0 Å². The minimum atomic E-state index is -3.06. The van der Waals surface area contributed by atoms with E-state index in [4.69, 9.17) is 10.5 Å². The Bertz CT molecular complexity index is 965. The molecule has 5 nitrogen and oxygen atoms in total.